The van der Waals surface area contributed by atoms with Crippen LogP contribution in [-0.4, -0.2) is 18.0 Å². The smallest absolute Gasteiger partial charge is 0.287 e. The summed E-state index contributed by atoms with van der Waals surface area (Å²) < 4.78 is 4.99. The van der Waals surface area contributed by atoms with Gasteiger partial charge in [0.05, 0.1) is 0 Å². The minimum Gasteiger partial charge on any atom is -0.440 e. The fraction of sp³-hybridized carbons (Fsp3) is 0.545. The minimum atomic E-state index is -0.355. The van der Waals surface area contributed by atoms with Gasteiger partial charge in [-0.15, -0.1) is 0 Å². The summed E-state index contributed by atoms with van der Waals surface area (Å²) in [6, 6.07) is 3.07. The van der Waals surface area contributed by atoms with E-state index < -0.39 is 0 Å². The lowest BCUT2D eigenvalue weighted by Gasteiger charge is -2.26. The maximum atomic E-state index is 11.6. The number of halogens is 1. The Bertz CT molecular complexity index is 359. The van der Waals surface area contributed by atoms with Crippen molar-refractivity contribution in [3.05, 3.63) is 23.1 Å². The van der Waals surface area contributed by atoms with Crippen LogP contribution in [0.3, 0.4) is 0 Å². The van der Waals surface area contributed by atoms with Gasteiger partial charge in [-0.05, 0) is 36.6 Å². The average molecular weight is 245 g/mol. The molecule has 0 aliphatic rings. The number of hydrogen-bond donors (Lipinski definition) is 2. The Morgan fingerprint density at radius 3 is 2.56 bits per heavy atom. The number of nitrogens with one attached hydrogen (secondary N) is 1. The van der Waals surface area contributed by atoms with Gasteiger partial charge in [0, 0.05) is 12.1 Å². The first kappa shape index (κ1) is 13.1. The fourth-order valence-electron chi connectivity index (χ4n) is 1.28. The van der Waals surface area contributed by atoms with Gasteiger partial charge in [0.15, 0.2) is 11.0 Å². The first-order valence-corrected chi connectivity index (χ1v) is 5.71. The van der Waals surface area contributed by atoms with Crippen LogP contribution in [0.1, 0.15) is 37.2 Å². The Balaban J connectivity index is 2.53. The summed E-state index contributed by atoms with van der Waals surface area (Å²) in [5.74, 6) is -0.0804. The molecule has 5 heteroatoms. The molecule has 0 saturated heterocycles. The Kier molecular flexibility index (Phi) is 4.38. The quantitative estimate of drug-likeness (QED) is 0.834. The van der Waals surface area contributed by atoms with E-state index in [1.807, 2.05) is 13.8 Å². The number of nitrogens with two attached hydrogens (primary N) is 1. The Morgan fingerprint density at radius 1 is 1.50 bits per heavy atom. The predicted molar refractivity (Wildman–Crippen MR) is 63.6 cm³/mol. The zero-order chi connectivity index (χ0) is 12.2. The molecule has 0 radical (unpaired) electrons. The molecule has 0 atom stereocenters. The lowest BCUT2D eigenvalue weighted by atomic mass is 9.94. The van der Waals surface area contributed by atoms with Crippen LogP contribution in [0, 0.1) is 0 Å². The van der Waals surface area contributed by atoms with Crippen LogP contribution < -0.4 is 11.1 Å². The van der Waals surface area contributed by atoms with Gasteiger partial charge >= 0.3 is 0 Å². The molecule has 0 spiro atoms. The van der Waals surface area contributed by atoms with Crippen LogP contribution in [0.5, 0.6) is 0 Å². The second-order valence-corrected chi connectivity index (χ2v) is 4.23. The maximum absolute atomic E-state index is 11.6. The van der Waals surface area contributed by atoms with Crippen molar-refractivity contribution in [2.75, 3.05) is 6.54 Å². The third kappa shape index (κ3) is 3.25. The molecular formula is C11H17ClN2O2. The van der Waals surface area contributed by atoms with Crippen molar-refractivity contribution in [3.63, 3.8) is 0 Å². The summed E-state index contributed by atoms with van der Waals surface area (Å²) in [5, 5.41) is 2.94. The Labute approximate surface area is 100 Å². The van der Waals surface area contributed by atoms with Crippen molar-refractivity contribution in [2.45, 2.75) is 32.2 Å². The predicted octanol–water partition coefficient (Wildman–Crippen LogP) is 2.18. The highest BCUT2D eigenvalue weighted by atomic mass is 35.5. The van der Waals surface area contributed by atoms with Crippen molar-refractivity contribution in [3.8, 4) is 0 Å². The molecular weight excluding hydrogens is 228 g/mol. The van der Waals surface area contributed by atoms with E-state index in [-0.39, 0.29) is 22.4 Å². The van der Waals surface area contributed by atoms with Crippen LogP contribution in [-0.2, 0) is 0 Å². The van der Waals surface area contributed by atoms with Crippen LogP contribution in [0.4, 0.5) is 0 Å². The van der Waals surface area contributed by atoms with Gasteiger partial charge in [0.25, 0.3) is 5.91 Å². The van der Waals surface area contributed by atoms with E-state index >= 15 is 0 Å². The van der Waals surface area contributed by atoms with E-state index in [4.69, 9.17) is 21.8 Å². The molecule has 1 rings (SSSR count). The SMILES string of the molecule is CCC(N)(CC)CNC(=O)c1ccc(Cl)o1. The van der Waals surface area contributed by atoms with Gasteiger partial charge in [-0.1, -0.05) is 13.8 Å². The third-order valence-electron chi connectivity index (χ3n) is 2.81. The Morgan fingerprint density at radius 2 is 2.12 bits per heavy atom. The number of amides is 1. The number of carbonyl (C=O) groups is 1. The van der Waals surface area contributed by atoms with E-state index in [0.717, 1.165) is 12.8 Å². The first-order chi connectivity index (χ1) is 7.50. The van der Waals surface area contributed by atoms with E-state index in [1.165, 1.54) is 12.1 Å². The highest BCUT2D eigenvalue weighted by Gasteiger charge is 2.21. The van der Waals surface area contributed by atoms with Crippen LogP contribution >= 0.6 is 11.6 Å². The van der Waals surface area contributed by atoms with Crippen LogP contribution in [0.2, 0.25) is 5.22 Å². The molecule has 16 heavy (non-hydrogen) atoms. The van der Waals surface area contributed by atoms with Gasteiger partial charge in [0.1, 0.15) is 0 Å². The molecule has 1 heterocycles. The summed E-state index contributed by atoms with van der Waals surface area (Å²) in [6.45, 7) is 4.43. The molecule has 1 aromatic heterocycles. The number of rotatable bonds is 5. The fourth-order valence-corrected chi connectivity index (χ4v) is 1.43. The Hall–Kier alpha value is -1.00. The van der Waals surface area contributed by atoms with Gasteiger partial charge in [-0.25, -0.2) is 0 Å². The summed E-state index contributed by atoms with van der Waals surface area (Å²) >= 11 is 5.58. The molecule has 4 nitrogen and oxygen atoms in total. The molecule has 1 amide bonds. The van der Waals surface area contributed by atoms with E-state index in [0.29, 0.717) is 6.54 Å². The summed E-state index contributed by atoms with van der Waals surface area (Å²) in [7, 11) is 0. The summed E-state index contributed by atoms with van der Waals surface area (Å²) in [4.78, 5) is 11.6. The summed E-state index contributed by atoms with van der Waals surface area (Å²) in [5.41, 5.74) is 5.70. The van der Waals surface area contributed by atoms with E-state index in [1.54, 1.807) is 0 Å². The van der Waals surface area contributed by atoms with E-state index in [2.05, 4.69) is 5.32 Å². The molecule has 0 aliphatic carbocycles. The second-order valence-electron chi connectivity index (χ2n) is 3.86. The largest absolute Gasteiger partial charge is 0.440 e. The monoisotopic (exact) mass is 244 g/mol. The third-order valence-corrected chi connectivity index (χ3v) is 3.01. The maximum Gasteiger partial charge on any atom is 0.287 e. The van der Waals surface area contributed by atoms with Gasteiger partial charge < -0.3 is 15.5 Å². The molecule has 0 aliphatic heterocycles. The molecule has 0 bridgehead atoms. The lowest BCUT2D eigenvalue weighted by molar-refractivity contribution is 0.0914. The molecule has 3 N–H and O–H groups in total. The lowest BCUT2D eigenvalue weighted by Crippen LogP contribution is -2.49. The van der Waals surface area contributed by atoms with Gasteiger partial charge in [-0.3, -0.25) is 4.79 Å². The van der Waals surface area contributed by atoms with Crippen molar-refractivity contribution >= 4 is 17.5 Å². The number of furan rings is 1. The molecule has 0 fully saturated rings. The highest BCUT2D eigenvalue weighted by Crippen LogP contribution is 2.14. The van der Waals surface area contributed by atoms with Gasteiger partial charge in [0.2, 0.25) is 0 Å². The van der Waals surface area contributed by atoms with Crippen LogP contribution in [0.25, 0.3) is 0 Å². The van der Waals surface area contributed by atoms with Crippen molar-refractivity contribution < 1.29 is 9.21 Å². The standard InChI is InChI=1S/C11H17ClN2O2/c1-3-11(13,4-2)7-14-10(15)8-5-6-9(12)16-8/h5-6H,3-4,7,13H2,1-2H3,(H,14,15). The van der Waals surface area contributed by atoms with Crippen molar-refractivity contribution in [1.29, 1.82) is 0 Å². The molecule has 1 aromatic rings. The zero-order valence-corrected chi connectivity index (χ0v) is 10.3. The molecule has 0 unspecified atom stereocenters. The number of carbonyl (C=O) groups excluding carboxylic acids is 1. The average Bonchev–Trinajstić information content (AvgIpc) is 2.72. The normalized spacial score (nSPS) is 11.5. The highest BCUT2D eigenvalue weighted by molar-refractivity contribution is 6.29. The first-order valence-electron chi connectivity index (χ1n) is 5.33. The zero-order valence-electron chi connectivity index (χ0n) is 9.55. The summed E-state index contributed by atoms with van der Waals surface area (Å²) in [6.07, 6.45) is 1.62. The van der Waals surface area contributed by atoms with Crippen LogP contribution in [0.15, 0.2) is 16.5 Å². The molecule has 90 valence electrons. The molecule has 0 saturated carbocycles. The second kappa shape index (κ2) is 5.37. The molecule has 0 aromatic carbocycles. The number of hydrogen-bond acceptors (Lipinski definition) is 3. The topological polar surface area (TPSA) is 68.3 Å². The van der Waals surface area contributed by atoms with Crippen molar-refractivity contribution in [1.82, 2.24) is 5.32 Å². The van der Waals surface area contributed by atoms with Gasteiger partial charge in [-0.2, -0.15) is 0 Å². The minimum absolute atomic E-state index is 0.204. The van der Waals surface area contributed by atoms with E-state index in [9.17, 15) is 4.79 Å². The van der Waals surface area contributed by atoms with Crippen molar-refractivity contribution in [2.24, 2.45) is 5.73 Å².